The van der Waals surface area contributed by atoms with E-state index in [9.17, 15) is 0 Å². The van der Waals surface area contributed by atoms with E-state index < -0.39 is 0 Å². The third-order valence-electron chi connectivity index (χ3n) is 2.73. The Balaban J connectivity index is 1.97. The Hall–Kier alpha value is -0.970. The van der Waals surface area contributed by atoms with Crippen molar-refractivity contribution < 1.29 is 0 Å². The van der Waals surface area contributed by atoms with Crippen molar-refractivity contribution >= 4 is 23.4 Å². The second-order valence-corrected chi connectivity index (χ2v) is 4.79. The lowest BCUT2D eigenvalue weighted by Crippen LogP contribution is -2.07. The monoisotopic (exact) mass is 224 g/mol. The van der Waals surface area contributed by atoms with Crippen LogP contribution in [0.15, 0.2) is 11.2 Å². The van der Waals surface area contributed by atoms with Gasteiger partial charge in [0.05, 0.1) is 0 Å². The molecule has 0 aliphatic heterocycles. The molecule has 0 aromatic carbocycles. The SMILES string of the molecule is CSc1nc(N)cc(NCC2CC2C)n1. The average molecular weight is 224 g/mol. The van der Waals surface area contributed by atoms with E-state index >= 15 is 0 Å². The molecule has 1 aliphatic rings. The third kappa shape index (κ3) is 2.75. The molecule has 5 heteroatoms. The first-order valence-corrected chi connectivity index (χ1v) is 6.34. The maximum Gasteiger partial charge on any atom is 0.191 e. The first kappa shape index (κ1) is 10.5. The van der Waals surface area contributed by atoms with Crippen LogP contribution in [0, 0.1) is 11.8 Å². The Bertz CT molecular complexity index is 355. The van der Waals surface area contributed by atoms with Gasteiger partial charge in [-0.25, -0.2) is 9.97 Å². The van der Waals surface area contributed by atoms with Gasteiger partial charge in [-0.3, -0.25) is 0 Å². The number of nitrogen functional groups attached to an aromatic ring is 1. The van der Waals surface area contributed by atoms with E-state index in [-0.39, 0.29) is 0 Å². The molecule has 0 spiro atoms. The van der Waals surface area contributed by atoms with Crippen LogP contribution < -0.4 is 11.1 Å². The summed E-state index contributed by atoms with van der Waals surface area (Å²) in [6.45, 7) is 3.26. The molecule has 2 atom stereocenters. The minimum atomic E-state index is 0.528. The molecule has 0 saturated heterocycles. The van der Waals surface area contributed by atoms with E-state index in [0.29, 0.717) is 5.82 Å². The highest BCUT2D eigenvalue weighted by Gasteiger charge is 2.31. The van der Waals surface area contributed by atoms with Gasteiger partial charge in [-0.1, -0.05) is 18.7 Å². The van der Waals surface area contributed by atoms with Crippen molar-refractivity contribution in [3.05, 3.63) is 6.07 Å². The van der Waals surface area contributed by atoms with Gasteiger partial charge in [-0.05, 0) is 24.5 Å². The summed E-state index contributed by atoms with van der Waals surface area (Å²) in [7, 11) is 0. The minimum Gasteiger partial charge on any atom is -0.383 e. The van der Waals surface area contributed by atoms with Crippen LogP contribution in [0.3, 0.4) is 0 Å². The Morgan fingerprint density at radius 3 is 2.93 bits per heavy atom. The van der Waals surface area contributed by atoms with Crippen molar-refractivity contribution in [2.75, 3.05) is 23.9 Å². The number of aromatic nitrogens is 2. The molecule has 3 N–H and O–H groups in total. The van der Waals surface area contributed by atoms with Gasteiger partial charge in [0.2, 0.25) is 0 Å². The van der Waals surface area contributed by atoms with Crippen molar-refractivity contribution in [1.82, 2.24) is 9.97 Å². The van der Waals surface area contributed by atoms with Crippen LogP contribution in [0.4, 0.5) is 11.6 Å². The van der Waals surface area contributed by atoms with Crippen LogP contribution in [0.2, 0.25) is 0 Å². The fraction of sp³-hybridized carbons (Fsp3) is 0.600. The molecule has 0 radical (unpaired) electrons. The zero-order chi connectivity index (χ0) is 10.8. The number of hydrogen-bond donors (Lipinski definition) is 2. The molecule has 1 heterocycles. The Kier molecular flexibility index (Phi) is 3.00. The fourth-order valence-electron chi connectivity index (χ4n) is 1.54. The lowest BCUT2D eigenvalue weighted by Gasteiger charge is -2.06. The molecule has 1 aromatic heterocycles. The number of nitrogens with two attached hydrogens (primary N) is 1. The summed E-state index contributed by atoms with van der Waals surface area (Å²) in [5, 5.41) is 4.03. The van der Waals surface area contributed by atoms with Gasteiger partial charge in [-0.15, -0.1) is 0 Å². The molecule has 1 saturated carbocycles. The predicted molar refractivity (Wildman–Crippen MR) is 64.0 cm³/mol. The molecule has 1 aliphatic carbocycles. The molecule has 4 nitrogen and oxygen atoms in total. The Morgan fingerprint density at radius 2 is 2.33 bits per heavy atom. The highest BCUT2D eigenvalue weighted by molar-refractivity contribution is 7.98. The minimum absolute atomic E-state index is 0.528. The maximum absolute atomic E-state index is 5.68. The normalized spacial score (nSPS) is 23.9. The van der Waals surface area contributed by atoms with Crippen LogP contribution in [0.1, 0.15) is 13.3 Å². The van der Waals surface area contributed by atoms with Gasteiger partial charge in [0.1, 0.15) is 11.6 Å². The molecular formula is C10H16N4S. The van der Waals surface area contributed by atoms with Gasteiger partial charge >= 0.3 is 0 Å². The molecular weight excluding hydrogens is 208 g/mol. The topological polar surface area (TPSA) is 63.8 Å². The van der Waals surface area contributed by atoms with Gasteiger partial charge in [-0.2, -0.15) is 0 Å². The third-order valence-corrected chi connectivity index (χ3v) is 3.28. The van der Waals surface area contributed by atoms with E-state index in [4.69, 9.17) is 5.73 Å². The van der Waals surface area contributed by atoms with Gasteiger partial charge in [0.25, 0.3) is 0 Å². The average Bonchev–Trinajstić information content (AvgIpc) is 2.91. The van der Waals surface area contributed by atoms with Crippen molar-refractivity contribution in [3.63, 3.8) is 0 Å². The molecule has 1 fully saturated rings. The quantitative estimate of drug-likeness (QED) is 0.603. The summed E-state index contributed by atoms with van der Waals surface area (Å²) in [5.41, 5.74) is 5.68. The van der Waals surface area contributed by atoms with Crippen LogP contribution in [-0.4, -0.2) is 22.8 Å². The van der Waals surface area contributed by atoms with E-state index in [1.54, 1.807) is 6.07 Å². The molecule has 0 bridgehead atoms. The van der Waals surface area contributed by atoms with E-state index in [1.165, 1.54) is 18.2 Å². The van der Waals surface area contributed by atoms with Crippen LogP contribution in [0.5, 0.6) is 0 Å². The summed E-state index contributed by atoms with van der Waals surface area (Å²) in [5.74, 6) is 3.03. The Morgan fingerprint density at radius 1 is 1.60 bits per heavy atom. The highest BCUT2D eigenvalue weighted by atomic mass is 32.2. The van der Waals surface area contributed by atoms with Crippen LogP contribution in [0.25, 0.3) is 0 Å². The largest absolute Gasteiger partial charge is 0.383 e. The summed E-state index contributed by atoms with van der Waals surface area (Å²) in [4.78, 5) is 8.44. The van der Waals surface area contributed by atoms with E-state index in [2.05, 4.69) is 22.2 Å². The van der Waals surface area contributed by atoms with Gasteiger partial charge in [0.15, 0.2) is 5.16 Å². The zero-order valence-electron chi connectivity index (χ0n) is 9.03. The standard InChI is InChI=1S/C10H16N4S/c1-6-3-7(6)5-12-9-4-8(11)13-10(14-9)15-2/h4,6-7H,3,5H2,1-2H3,(H3,11,12,13,14). The molecule has 82 valence electrons. The maximum atomic E-state index is 5.68. The molecule has 0 amide bonds. The summed E-state index contributed by atoms with van der Waals surface area (Å²) in [6.07, 6.45) is 3.27. The van der Waals surface area contributed by atoms with Crippen molar-refractivity contribution in [3.8, 4) is 0 Å². The second-order valence-electron chi connectivity index (χ2n) is 4.02. The smallest absolute Gasteiger partial charge is 0.191 e. The molecule has 2 rings (SSSR count). The van der Waals surface area contributed by atoms with Crippen LogP contribution >= 0.6 is 11.8 Å². The summed E-state index contributed by atoms with van der Waals surface area (Å²) in [6, 6.07) is 1.78. The molecule has 2 unspecified atom stereocenters. The number of nitrogens with one attached hydrogen (secondary N) is 1. The van der Waals surface area contributed by atoms with Crippen LogP contribution in [-0.2, 0) is 0 Å². The lowest BCUT2D eigenvalue weighted by molar-refractivity contribution is 0.781. The Labute approximate surface area is 94.1 Å². The summed E-state index contributed by atoms with van der Waals surface area (Å²) >= 11 is 1.51. The first-order valence-electron chi connectivity index (χ1n) is 5.11. The number of thioether (sulfide) groups is 1. The fourth-order valence-corrected chi connectivity index (χ4v) is 1.93. The van der Waals surface area contributed by atoms with Gasteiger partial charge in [0, 0.05) is 12.6 Å². The first-order chi connectivity index (χ1) is 7.19. The van der Waals surface area contributed by atoms with Crippen molar-refractivity contribution in [2.24, 2.45) is 11.8 Å². The highest BCUT2D eigenvalue weighted by Crippen LogP contribution is 2.37. The van der Waals surface area contributed by atoms with Gasteiger partial charge < -0.3 is 11.1 Å². The van der Waals surface area contributed by atoms with E-state index in [0.717, 1.165) is 29.4 Å². The molecule has 15 heavy (non-hydrogen) atoms. The lowest BCUT2D eigenvalue weighted by atomic mass is 10.3. The number of anilines is 2. The number of nitrogens with zero attached hydrogens (tertiary/aromatic N) is 2. The predicted octanol–water partition coefficient (Wildman–Crippen LogP) is 1.85. The van der Waals surface area contributed by atoms with Crippen molar-refractivity contribution in [2.45, 2.75) is 18.5 Å². The molecule has 1 aromatic rings. The summed E-state index contributed by atoms with van der Waals surface area (Å²) < 4.78 is 0. The zero-order valence-corrected chi connectivity index (χ0v) is 9.84. The van der Waals surface area contributed by atoms with Crippen molar-refractivity contribution in [1.29, 1.82) is 0 Å². The second kappa shape index (κ2) is 4.26. The van der Waals surface area contributed by atoms with E-state index in [1.807, 2.05) is 6.26 Å². The number of hydrogen-bond acceptors (Lipinski definition) is 5. The number of rotatable bonds is 4.